The van der Waals surface area contributed by atoms with E-state index in [9.17, 15) is 4.79 Å². The van der Waals surface area contributed by atoms with Gasteiger partial charge in [0.15, 0.2) is 0 Å². The van der Waals surface area contributed by atoms with Gasteiger partial charge >= 0.3 is 0 Å². The normalized spacial score (nSPS) is 10.6. The van der Waals surface area contributed by atoms with Gasteiger partial charge in [-0.25, -0.2) is 0 Å². The number of para-hydroxylation sites is 1. The summed E-state index contributed by atoms with van der Waals surface area (Å²) >= 11 is 0. The van der Waals surface area contributed by atoms with Gasteiger partial charge < -0.3 is 5.32 Å². The molecule has 0 aliphatic carbocycles. The first-order valence-corrected chi connectivity index (χ1v) is 6.26. The number of rotatable bonds is 4. The van der Waals surface area contributed by atoms with E-state index in [0.29, 0.717) is 0 Å². The van der Waals surface area contributed by atoms with Crippen molar-refractivity contribution in [2.75, 3.05) is 5.32 Å². The molecule has 2 rings (SSSR count). The van der Waals surface area contributed by atoms with Crippen molar-refractivity contribution in [3.63, 3.8) is 0 Å². The van der Waals surface area contributed by atoms with Crippen molar-refractivity contribution in [1.82, 2.24) is 4.98 Å². The van der Waals surface area contributed by atoms with Crippen LogP contribution in [0.5, 0.6) is 0 Å². The molecule has 0 atom stereocenters. The number of carbonyl (C=O) groups excluding carboxylic acids is 1. The topological polar surface area (TPSA) is 42.0 Å². The molecular weight excluding hydrogens is 236 g/mol. The van der Waals surface area contributed by atoms with Gasteiger partial charge in [-0.2, -0.15) is 0 Å². The first-order chi connectivity index (χ1) is 9.29. The Balaban J connectivity index is 2.04. The standard InChI is InChI=1S/C16H16N2O/c1-2-14-5-3-4-6-15(14)18-16(19)8-7-13-9-11-17-12-10-13/h3-12H,2H2,1H3,(H,18,19)/b8-7+. The Morgan fingerprint density at radius 3 is 2.68 bits per heavy atom. The number of benzene rings is 1. The molecule has 1 heterocycles. The molecule has 0 spiro atoms. The van der Waals surface area contributed by atoms with Crippen molar-refractivity contribution in [2.45, 2.75) is 13.3 Å². The molecule has 0 radical (unpaired) electrons. The van der Waals surface area contributed by atoms with Gasteiger partial charge in [0.2, 0.25) is 5.91 Å². The van der Waals surface area contributed by atoms with Crippen LogP contribution in [-0.4, -0.2) is 10.9 Å². The average molecular weight is 252 g/mol. The minimum Gasteiger partial charge on any atom is -0.322 e. The molecule has 0 unspecified atom stereocenters. The zero-order chi connectivity index (χ0) is 13.5. The lowest BCUT2D eigenvalue weighted by atomic mass is 10.1. The summed E-state index contributed by atoms with van der Waals surface area (Å²) in [4.78, 5) is 15.8. The number of pyridine rings is 1. The van der Waals surface area contributed by atoms with Gasteiger partial charge in [0, 0.05) is 24.2 Å². The summed E-state index contributed by atoms with van der Waals surface area (Å²) in [7, 11) is 0. The van der Waals surface area contributed by atoms with Gasteiger partial charge in [0.25, 0.3) is 0 Å². The molecule has 3 heteroatoms. The van der Waals surface area contributed by atoms with E-state index in [1.807, 2.05) is 36.4 Å². The molecule has 1 aromatic heterocycles. The maximum absolute atomic E-state index is 11.8. The highest BCUT2D eigenvalue weighted by Crippen LogP contribution is 2.15. The smallest absolute Gasteiger partial charge is 0.248 e. The largest absolute Gasteiger partial charge is 0.322 e. The first kappa shape index (κ1) is 13.0. The zero-order valence-electron chi connectivity index (χ0n) is 10.8. The zero-order valence-corrected chi connectivity index (χ0v) is 10.8. The molecule has 19 heavy (non-hydrogen) atoms. The van der Waals surface area contributed by atoms with Crippen LogP contribution in [-0.2, 0) is 11.2 Å². The molecule has 0 aliphatic rings. The minimum absolute atomic E-state index is 0.127. The van der Waals surface area contributed by atoms with Crippen molar-refractivity contribution in [2.24, 2.45) is 0 Å². The van der Waals surface area contributed by atoms with Crippen LogP contribution in [0, 0.1) is 0 Å². The van der Waals surface area contributed by atoms with Crippen LogP contribution in [0.1, 0.15) is 18.1 Å². The maximum atomic E-state index is 11.8. The van der Waals surface area contributed by atoms with Crippen LogP contribution >= 0.6 is 0 Å². The number of anilines is 1. The summed E-state index contributed by atoms with van der Waals surface area (Å²) in [6.07, 6.45) is 7.59. The van der Waals surface area contributed by atoms with Crippen LogP contribution in [0.15, 0.2) is 54.9 Å². The van der Waals surface area contributed by atoms with Crippen molar-refractivity contribution >= 4 is 17.7 Å². The molecule has 0 aliphatic heterocycles. The van der Waals surface area contributed by atoms with E-state index in [4.69, 9.17) is 0 Å². The van der Waals surface area contributed by atoms with Crippen LogP contribution in [0.3, 0.4) is 0 Å². The molecule has 0 bridgehead atoms. The van der Waals surface area contributed by atoms with E-state index in [1.54, 1.807) is 18.5 Å². The maximum Gasteiger partial charge on any atom is 0.248 e. The molecule has 0 saturated carbocycles. The third-order valence-corrected chi connectivity index (χ3v) is 2.79. The second kappa shape index (κ2) is 6.50. The molecule has 0 fully saturated rings. The van der Waals surface area contributed by atoms with E-state index < -0.39 is 0 Å². The van der Waals surface area contributed by atoms with Gasteiger partial charge in [-0.3, -0.25) is 9.78 Å². The summed E-state index contributed by atoms with van der Waals surface area (Å²) < 4.78 is 0. The summed E-state index contributed by atoms with van der Waals surface area (Å²) in [5.74, 6) is -0.127. The molecule has 3 nitrogen and oxygen atoms in total. The number of aryl methyl sites for hydroxylation is 1. The third-order valence-electron chi connectivity index (χ3n) is 2.79. The number of nitrogens with zero attached hydrogens (tertiary/aromatic N) is 1. The van der Waals surface area contributed by atoms with Crippen molar-refractivity contribution < 1.29 is 4.79 Å². The fourth-order valence-corrected chi connectivity index (χ4v) is 1.77. The second-order valence-electron chi connectivity index (χ2n) is 4.11. The second-order valence-corrected chi connectivity index (χ2v) is 4.11. The van der Waals surface area contributed by atoms with Gasteiger partial charge in [-0.1, -0.05) is 25.1 Å². The Hall–Kier alpha value is -2.42. The van der Waals surface area contributed by atoms with Gasteiger partial charge in [0.1, 0.15) is 0 Å². The van der Waals surface area contributed by atoms with Crippen LogP contribution in [0.2, 0.25) is 0 Å². The summed E-state index contributed by atoms with van der Waals surface area (Å²) in [6.45, 7) is 2.07. The summed E-state index contributed by atoms with van der Waals surface area (Å²) in [5, 5.41) is 2.89. The van der Waals surface area contributed by atoms with Gasteiger partial charge in [-0.05, 0) is 41.8 Å². The van der Waals surface area contributed by atoms with Gasteiger partial charge in [-0.15, -0.1) is 0 Å². The van der Waals surface area contributed by atoms with Crippen molar-refractivity contribution in [1.29, 1.82) is 0 Å². The Morgan fingerprint density at radius 2 is 1.95 bits per heavy atom. The number of nitrogens with one attached hydrogen (secondary N) is 1. The Bertz CT molecular complexity index is 576. The molecular formula is C16H16N2O. The number of amides is 1. The summed E-state index contributed by atoms with van der Waals surface area (Å²) in [5.41, 5.74) is 2.96. The fourth-order valence-electron chi connectivity index (χ4n) is 1.77. The Kier molecular flexibility index (Phi) is 4.45. The Labute approximate surface area is 113 Å². The molecule has 1 aromatic carbocycles. The van der Waals surface area contributed by atoms with E-state index in [-0.39, 0.29) is 5.91 Å². The molecule has 2 aromatic rings. The van der Waals surface area contributed by atoms with Crippen molar-refractivity contribution in [3.05, 3.63) is 66.0 Å². The average Bonchev–Trinajstić information content (AvgIpc) is 2.47. The van der Waals surface area contributed by atoms with E-state index >= 15 is 0 Å². The van der Waals surface area contributed by atoms with E-state index in [1.165, 1.54) is 6.08 Å². The first-order valence-electron chi connectivity index (χ1n) is 6.26. The highest BCUT2D eigenvalue weighted by Gasteiger charge is 2.02. The number of aromatic nitrogens is 1. The van der Waals surface area contributed by atoms with Gasteiger partial charge in [0.05, 0.1) is 0 Å². The Morgan fingerprint density at radius 1 is 1.21 bits per heavy atom. The molecule has 1 amide bonds. The lowest BCUT2D eigenvalue weighted by Gasteiger charge is -2.07. The van der Waals surface area contributed by atoms with E-state index in [2.05, 4.69) is 17.2 Å². The number of hydrogen-bond acceptors (Lipinski definition) is 2. The fraction of sp³-hybridized carbons (Fsp3) is 0.125. The van der Waals surface area contributed by atoms with Crippen molar-refractivity contribution in [3.8, 4) is 0 Å². The molecule has 1 N–H and O–H groups in total. The lowest BCUT2D eigenvalue weighted by molar-refractivity contribution is -0.111. The number of carbonyl (C=O) groups is 1. The van der Waals surface area contributed by atoms with Crippen LogP contribution < -0.4 is 5.32 Å². The molecule has 96 valence electrons. The van der Waals surface area contributed by atoms with Crippen LogP contribution in [0.4, 0.5) is 5.69 Å². The minimum atomic E-state index is -0.127. The summed E-state index contributed by atoms with van der Waals surface area (Å²) in [6, 6.07) is 11.5. The highest BCUT2D eigenvalue weighted by molar-refractivity contribution is 6.02. The predicted octanol–water partition coefficient (Wildman–Crippen LogP) is 3.30. The van der Waals surface area contributed by atoms with Crippen LogP contribution in [0.25, 0.3) is 6.08 Å². The SMILES string of the molecule is CCc1ccccc1NC(=O)/C=C/c1ccncc1. The highest BCUT2D eigenvalue weighted by atomic mass is 16.1. The quantitative estimate of drug-likeness (QED) is 0.848. The lowest BCUT2D eigenvalue weighted by Crippen LogP contribution is -2.09. The monoisotopic (exact) mass is 252 g/mol. The molecule has 0 saturated heterocycles. The third kappa shape index (κ3) is 3.78. The van der Waals surface area contributed by atoms with E-state index in [0.717, 1.165) is 23.2 Å². The number of hydrogen-bond donors (Lipinski definition) is 1. The predicted molar refractivity (Wildman–Crippen MR) is 77.7 cm³/mol.